The highest BCUT2D eigenvalue weighted by Gasteiger charge is 1.89. The lowest BCUT2D eigenvalue weighted by molar-refractivity contribution is -0.245. The average Bonchev–Trinajstić information content (AvgIpc) is 1.65. The third-order valence-corrected chi connectivity index (χ3v) is 0.544. The highest BCUT2D eigenvalue weighted by atomic mass is 35.5. The molecule has 0 aliphatic carbocycles. The van der Waals surface area contributed by atoms with Gasteiger partial charge in [-0.3, -0.25) is 0 Å². The fourth-order valence-corrected chi connectivity index (χ4v) is 0.0430. The van der Waals surface area contributed by atoms with Crippen LogP contribution in [0.25, 0.3) is 0 Å². The fourth-order valence-electron chi connectivity index (χ4n) is 0.0430. The number of halogens is 1. The minimum absolute atomic E-state index is 0.773. The normalized spacial score (nSPS) is 13.7. The predicted octanol–water partition coefficient (Wildman–Crippen LogP) is 1.23. The van der Waals surface area contributed by atoms with Crippen molar-refractivity contribution in [1.82, 2.24) is 0 Å². The van der Waals surface area contributed by atoms with E-state index >= 15 is 0 Å². The predicted molar refractivity (Wildman–Crippen MR) is 23.6 cm³/mol. The number of alkyl halides is 1. The van der Waals surface area contributed by atoms with Gasteiger partial charge in [0.05, 0.1) is 0 Å². The van der Waals surface area contributed by atoms with Crippen LogP contribution in [-0.4, -0.2) is 10.8 Å². The van der Waals surface area contributed by atoms with Crippen molar-refractivity contribution in [3.05, 3.63) is 12.7 Å². The molecule has 0 spiro atoms. The molecule has 0 rings (SSSR count). The Morgan fingerprint density at radius 2 is 2.50 bits per heavy atom. The van der Waals surface area contributed by atoms with Gasteiger partial charge in [-0.25, -0.2) is 10.1 Å². The molecule has 0 heterocycles. The van der Waals surface area contributed by atoms with Crippen LogP contribution >= 0.6 is 11.6 Å². The van der Waals surface area contributed by atoms with Crippen molar-refractivity contribution in [2.24, 2.45) is 0 Å². The summed E-state index contributed by atoms with van der Waals surface area (Å²) in [6, 6.07) is 0. The number of hydrogen-bond acceptors (Lipinski definition) is 2. The molecule has 0 saturated heterocycles. The SMILES string of the molecule is C=CC(Cl)OO. The lowest BCUT2D eigenvalue weighted by Gasteiger charge is -1.91. The van der Waals surface area contributed by atoms with E-state index in [1.165, 1.54) is 6.08 Å². The molecule has 1 atom stereocenters. The highest BCUT2D eigenvalue weighted by molar-refractivity contribution is 6.20. The maximum absolute atomic E-state index is 7.63. The monoisotopic (exact) mass is 108 g/mol. The van der Waals surface area contributed by atoms with Crippen LogP contribution in [0.5, 0.6) is 0 Å². The Kier molecular flexibility index (Phi) is 3.13. The molecule has 0 aliphatic heterocycles. The van der Waals surface area contributed by atoms with Crippen molar-refractivity contribution in [1.29, 1.82) is 0 Å². The molecule has 2 nitrogen and oxygen atoms in total. The Morgan fingerprint density at radius 1 is 2.00 bits per heavy atom. The summed E-state index contributed by atoms with van der Waals surface area (Å²) in [4.78, 5) is 3.55. The maximum atomic E-state index is 7.63. The van der Waals surface area contributed by atoms with E-state index in [1.54, 1.807) is 0 Å². The minimum atomic E-state index is -0.773. The third kappa shape index (κ3) is 2.20. The summed E-state index contributed by atoms with van der Waals surface area (Å²) in [7, 11) is 0. The summed E-state index contributed by atoms with van der Waals surface area (Å²) in [5, 5.41) is 7.63. The molecule has 36 valence electrons. The molecule has 0 bridgehead atoms. The largest absolute Gasteiger partial charge is 0.250 e. The lowest BCUT2D eigenvalue weighted by Crippen LogP contribution is -1.93. The molecule has 1 N–H and O–H groups in total. The van der Waals surface area contributed by atoms with Gasteiger partial charge in [0.25, 0.3) is 0 Å². The molecule has 0 aromatic rings. The molecule has 0 saturated carbocycles. The summed E-state index contributed by atoms with van der Waals surface area (Å²) in [6.07, 6.45) is 1.27. The summed E-state index contributed by atoms with van der Waals surface area (Å²) < 4.78 is 0. The zero-order valence-corrected chi connectivity index (χ0v) is 3.85. The van der Waals surface area contributed by atoms with E-state index in [0.29, 0.717) is 0 Å². The summed E-state index contributed by atoms with van der Waals surface area (Å²) in [5.74, 6) is 0. The number of rotatable bonds is 2. The van der Waals surface area contributed by atoms with Crippen LogP contribution in [0.15, 0.2) is 12.7 Å². The summed E-state index contributed by atoms with van der Waals surface area (Å²) in [6.45, 7) is 3.21. The second-order valence-corrected chi connectivity index (χ2v) is 1.12. The van der Waals surface area contributed by atoms with Gasteiger partial charge >= 0.3 is 0 Å². The molecule has 3 heteroatoms. The molecular formula is C3H5ClO2. The molecule has 0 aromatic heterocycles. The first-order valence-corrected chi connectivity index (χ1v) is 1.81. The molecule has 0 fully saturated rings. The van der Waals surface area contributed by atoms with Gasteiger partial charge in [-0.15, -0.1) is 0 Å². The quantitative estimate of drug-likeness (QED) is 0.250. The molecule has 0 amide bonds. The van der Waals surface area contributed by atoms with Crippen molar-refractivity contribution < 1.29 is 10.1 Å². The van der Waals surface area contributed by atoms with Crippen LogP contribution < -0.4 is 0 Å². The molecule has 0 aliphatic rings. The van der Waals surface area contributed by atoms with Gasteiger partial charge in [0.1, 0.15) is 0 Å². The van der Waals surface area contributed by atoms with Gasteiger partial charge in [-0.2, -0.15) is 0 Å². The third-order valence-electron chi connectivity index (χ3n) is 0.286. The minimum Gasteiger partial charge on any atom is -0.250 e. The Morgan fingerprint density at radius 3 is 2.50 bits per heavy atom. The van der Waals surface area contributed by atoms with E-state index in [4.69, 9.17) is 16.9 Å². The van der Waals surface area contributed by atoms with Gasteiger partial charge in [-0.05, 0) is 6.08 Å². The fraction of sp³-hybridized carbons (Fsp3) is 0.333. The van der Waals surface area contributed by atoms with Crippen LogP contribution in [0.4, 0.5) is 0 Å². The van der Waals surface area contributed by atoms with Crippen molar-refractivity contribution >= 4 is 11.6 Å². The van der Waals surface area contributed by atoms with Crippen molar-refractivity contribution in [3.8, 4) is 0 Å². The summed E-state index contributed by atoms with van der Waals surface area (Å²) >= 11 is 5.06. The molecule has 0 radical (unpaired) electrons. The van der Waals surface area contributed by atoms with E-state index in [0.717, 1.165) is 0 Å². The standard InChI is InChI=1S/C3H5ClO2/c1-2-3(4)6-5/h2-3,5H,1H2. The average molecular weight is 109 g/mol. The topological polar surface area (TPSA) is 29.5 Å². The van der Waals surface area contributed by atoms with Gasteiger partial charge in [-0.1, -0.05) is 18.2 Å². The van der Waals surface area contributed by atoms with Crippen molar-refractivity contribution in [2.75, 3.05) is 0 Å². The van der Waals surface area contributed by atoms with Crippen LogP contribution in [0.2, 0.25) is 0 Å². The van der Waals surface area contributed by atoms with Crippen LogP contribution in [0, 0.1) is 0 Å². The first kappa shape index (κ1) is 5.95. The Balaban J connectivity index is 2.96. The van der Waals surface area contributed by atoms with Crippen LogP contribution in [0.3, 0.4) is 0 Å². The second kappa shape index (κ2) is 3.15. The highest BCUT2D eigenvalue weighted by Crippen LogP contribution is 1.93. The number of hydrogen-bond donors (Lipinski definition) is 1. The van der Waals surface area contributed by atoms with Gasteiger partial charge in [0, 0.05) is 0 Å². The Labute approximate surface area is 40.9 Å². The maximum Gasteiger partial charge on any atom is 0.184 e. The van der Waals surface area contributed by atoms with Gasteiger partial charge in [0.2, 0.25) is 0 Å². The second-order valence-electron chi connectivity index (χ2n) is 0.692. The van der Waals surface area contributed by atoms with Gasteiger partial charge in [0.15, 0.2) is 5.56 Å². The smallest absolute Gasteiger partial charge is 0.184 e. The zero-order chi connectivity index (χ0) is 4.99. The molecular weight excluding hydrogens is 103 g/mol. The zero-order valence-electron chi connectivity index (χ0n) is 3.10. The first-order chi connectivity index (χ1) is 2.81. The van der Waals surface area contributed by atoms with E-state index < -0.39 is 5.56 Å². The molecule has 6 heavy (non-hydrogen) atoms. The Bertz CT molecular complexity index is 46.1. The van der Waals surface area contributed by atoms with Crippen molar-refractivity contribution in [3.63, 3.8) is 0 Å². The van der Waals surface area contributed by atoms with E-state index in [-0.39, 0.29) is 0 Å². The summed E-state index contributed by atoms with van der Waals surface area (Å²) in [5.41, 5.74) is -0.773. The van der Waals surface area contributed by atoms with Crippen LogP contribution in [-0.2, 0) is 4.89 Å². The van der Waals surface area contributed by atoms with E-state index in [2.05, 4.69) is 11.5 Å². The first-order valence-electron chi connectivity index (χ1n) is 1.38. The van der Waals surface area contributed by atoms with Crippen LogP contribution in [0.1, 0.15) is 0 Å². The van der Waals surface area contributed by atoms with Crippen molar-refractivity contribution in [2.45, 2.75) is 5.56 Å². The molecule has 0 aromatic carbocycles. The molecule has 1 unspecified atom stereocenters. The Hall–Kier alpha value is -0.0500. The lowest BCUT2D eigenvalue weighted by atomic mass is 10.7. The van der Waals surface area contributed by atoms with E-state index in [1.807, 2.05) is 0 Å². The van der Waals surface area contributed by atoms with E-state index in [9.17, 15) is 0 Å². The van der Waals surface area contributed by atoms with Gasteiger partial charge < -0.3 is 0 Å².